The summed E-state index contributed by atoms with van der Waals surface area (Å²) in [6, 6.07) is 2.07. The molecule has 0 spiro atoms. The zero-order chi connectivity index (χ0) is 10.8. The van der Waals surface area contributed by atoms with E-state index in [9.17, 15) is 0 Å². The van der Waals surface area contributed by atoms with Crippen LogP contribution >= 0.6 is 15.9 Å². The largest absolute Gasteiger partial charge is 0.382 e. The SMILES string of the molecule is CC(C)C1CNc2cc(Br)cnc2NC1. The molecular weight excluding hydrogens is 254 g/mol. The molecule has 82 valence electrons. The molecule has 1 aromatic rings. The number of nitrogens with one attached hydrogen (secondary N) is 2. The van der Waals surface area contributed by atoms with Crippen LogP contribution in [0.15, 0.2) is 16.7 Å². The molecular formula is C11H16BrN3. The van der Waals surface area contributed by atoms with E-state index in [0.717, 1.165) is 29.1 Å². The Morgan fingerprint density at radius 3 is 2.87 bits per heavy atom. The Labute approximate surface area is 98.8 Å². The summed E-state index contributed by atoms with van der Waals surface area (Å²) in [7, 11) is 0. The normalized spacial score (nSPS) is 20.1. The first-order chi connectivity index (χ1) is 7.16. The van der Waals surface area contributed by atoms with E-state index in [0.29, 0.717) is 11.8 Å². The number of rotatable bonds is 1. The van der Waals surface area contributed by atoms with E-state index in [-0.39, 0.29) is 0 Å². The highest BCUT2D eigenvalue weighted by molar-refractivity contribution is 9.10. The summed E-state index contributed by atoms with van der Waals surface area (Å²) >= 11 is 3.43. The van der Waals surface area contributed by atoms with E-state index >= 15 is 0 Å². The van der Waals surface area contributed by atoms with Crippen molar-refractivity contribution in [2.75, 3.05) is 23.7 Å². The molecule has 0 aromatic carbocycles. The minimum Gasteiger partial charge on any atom is -0.382 e. The molecule has 0 bridgehead atoms. The van der Waals surface area contributed by atoms with Gasteiger partial charge in [-0.15, -0.1) is 0 Å². The Kier molecular flexibility index (Phi) is 3.14. The smallest absolute Gasteiger partial charge is 0.149 e. The van der Waals surface area contributed by atoms with Gasteiger partial charge in [-0.1, -0.05) is 13.8 Å². The van der Waals surface area contributed by atoms with Gasteiger partial charge >= 0.3 is 0 Å². The maximum Gasteiger partial charge on any atom is 0.149 e. The average Bonchev–Trinajstić information content (AvgIpc) is 2.39. The summed E-state index contributed by atoms with van der Waals surface area (Å²) in [5, 5.41) is 6.83. The van der Waals surface area contributed by atoms with Gasteiger partial charge in [0.25, 0.3) is 0 Å². The van der Waals surface area contributed by atoms with E-state index in [4.69, 9.17) is 0 Å². The van der Waals surface area contributed by atoms with Gasteiger partial charge in [-0.25, -0.2) is 4.98 Å². The fourth-order valence-corrected chi connectivity index (χ4v) is 2.06. The first-order valence-electron chi connectivity index (χ1n) is 5.30. The van der Waals surface area contributed by atoms with Crippen molar-refractivity contribution in [1.29, 1.82) is 0 Å². The van der Waals surface area contributed by atoms with Crippen LogP contribution in [-0.2, 0) is 0 Å². The minimum absolute atomic E-state index is 0.651. The van der Waals surface area contributed by atoms with Gasteiger partial charge in [0.1, 0.15) is 5.82 Å². The molecule has 1 aliphatic heterocycles. The highest BCUT2D eigenvalue weighted by atomic mass is 79.9. The van der Waals surface area contributed by atoms with Crippen LogP contribution < -0.4 is 10.6 Å². The minimum atomic E-state index is 0.651. The molecule has 2 N–H and O–H groups in total. The molecule has 2 heterocycles. The third kappa shape index (κ3) is 2.43. The lowest BCUT2D eigenvalue weighted by atomic mass is 9.96. The maximum atomic E-state index is 4.35. The topological polar surface area (TPSA) is 37.0 Å². The van der Waals surface area contributed by atoms with Crippen LogP contribution in [0.25, 0.3) is 0 Å². The maximum absolute atomic E-state index is 4.35. The fraction of sp³-hybridized carbons (Fsp3) is 0.545. The molecule has 15 heavy (non-hydrogen) atoms. The molecule has 4 heteroatoms. The molecule has 1 aromatic heterocycles. The highest BCUT2D eigenvalue weighted by Gasteiger charge is 2.18. The summed E-state index contributed by atoms with van der Waals surface area (Å²) in [5.74, 6) is 2.29. The summed E-state index contributed by atoms with van der Waals surface area (Å²) in [5.41, 5.74) is 1.09. The lowest BCUT2D eigenvalue weighted by Gasteiger charge is -2.18. The van der Waals surface area contributed by atoms with E-state index < -0.39 is 0 Å². The Morgan fingerprint density at radius 1 is 1.40 bits per heavy atom. The zero-order valence-electron chi connectivity index (χ0n) is 9.05. The van der Waals surface area contributed by atoms with Crippen LogP contribution in [0.2, 0.25) is 0 Å². The lowest BCUT2D eigenvalue weighted by Crippen LogP contribution is -2.23. The van der Waals surface area contributed by atoms with E-state index in [1.807, 2.05) is 6.20 Å². The van der Waals surface area contributed by atoms with Gasteiger partial charge in [0, 0.05) is 23.8 Å². The van der Waals surface area contributed by atoms with Crippen molar-refractivity contribution in [2.45, 2.75) is 13.8 Å². The first kappa shape index (κ1) is 10.7. The van der Waals surface area contributed by atoms with Crippen molar-refractivity contribution < 1.29 is 0 Å². The van der Waals surface area contributed by atoms with Crippen molar-refractivity contribution in [3.05, 3.63) is 16.7 Å². The standard InChI is InChI=1S/C11H16BrN3/c1-7(2)8-4-13-10-3-9(12)6-15-11(10)14-5-8/h3,6-8,13H,4-5H2,1-2H3,(H,14,15). The number of fused-ring (bicyclic) bond motifs is 1. The number of pyridine rings is 1. The van der Waals surface area contributed by atoms with Crippen LogP contribution in [-0.4, -0.2) is 18.1 Å². The molecule has 2 rings (SSSR count). The Bertz CT molecular complexity index is 352. The van der Waals surface area contributed by atoms with Crippen LogP contribution in [0.5, 0.6) is 0 Å². The zero-order valence-corrected chi connectivity index (χ0v) is 10.6. The monoisotopic (exact) mass is 269 g/mol. The third-order valence-electron chi connectivity index (χ3n) is 2.88. The van der Waals surface area contributed by atoms with Crippen LogP contribution in [0, 0.1) is 11.8 Å². The second-order valence-electron chi connectivity index (χ2n) is 4.32. The Morgan fingerprint density at radius 2 is 2.13 bits per heavy atom. The third-order valence-corrected chi connectivity index (χ3v) is 3.32. The molecule has 0 aliphatic carbocycles. The number of hydrogen-bond acceptors (Lipinski definition) is 3. The van der Waals surface area contributed by atoms with Gasteiger partial charge in [-0.2, -0.15) is 0 Å². The predicted molar refractivity (Wildman–Crippen MR) is 67.2 cm³/mol. The molecule has 0 saturated heterocycles. The molecule has 1 atom stereocenters. The number of aromatic nitrogens is 1. The summed E-state index contributed by atoms with van der Waals surface area (Å²) in [6.07, 6.45) is 1.82. The van der Waals surface area contributed by atoms with Crippen LogP contribution in [0.3, 0.4) is 0 Å². The van der Waals surface area contributed by atoms with Crippen LogP contribution in [0.1, 0.15) is 13.8 Å². The Hall–Kier alpha value is -0.770. The molecule has 0 fully saturated rings. The van der Waals surface area contributed by atoms with E-state index in [2.05, 4.69) is 51.5 Å². The van der Waals surface area contributed by atoms with Crippen molar-refractivity contribution in [2.24, 2.45) is 11.8 Å². The number of hydrogen-bond donors (Lipinski definition) is 2. The number of halogens is 1. The van der Waals surface area contributed by atoms with Crippen molar-refractivity contribution in [3.63, 3.8) is 0 Å². The summed E-state index contributed by atoms with van der Waals surface area (Å²) in [6.45, 7) is 6.52. The predicted octanol–water partition coefficient (Wildman–Crippen LogP) is 2.95. The van der Waals surface area contributed by atoms with Gasteiger partial charge in [-0.05, 0) is 33.8 Å². The molecule has 3 nitrogen and oxygen atoms in total. The fourth-order valence-electron chi connectivity index (χ4n) is 1.73. The van der Waals surface area contributed by atoms with Crippen molar-refractivity contribution in [3.8, 4) is 0 Å². The molecule has 0 radical (unpaired) electrons. The molecule has 0 saturated carbocycles. The van der Waals surface area contributed by atoms with E-state index in [1.165, 1.54) is 0 Å². The quantitative estimate of drug-likeness (QED) is 0.823. The van der Waals surface area contributed by atoms with Gasteiger partial charge in [-0.3, -0.25) is 0 Å². The number of anilines is 2. The van der Waals surface area contributed by atoms with Crippen LogP contribution in [0.4, 0.5) is 11.5 Å². The first-order valence-corrected chi connectivity index (χ1v) is 6.09. The van der Waals surface area contributed by atoms with Gasteiger partial charge in [0.15, 0.2) is 0 Å². The molecule has 1 unspecified atom stereocenters. The highest BCUT2D eigenvalue weighted by Crippen LogP contribution is 2.27. The van der Waals surface area contributed by atoms with Crippen molar-refractivity contribution in [1.82, 2.24) is 4.98 Å². The summed E-state index contributed by atoms with van der Waals surface area (Å²) in [4.78, 5) is 4.35. The van der Waals surface area contributed by atoms with Gasteiger partial charge in [0.05, 0.1) is 5.69 Å². The molecule has 0 amide bonds. The Balaban J connectivity index is 2.18. The molecule has 1 aliphatic rings. The van der Waals surface area contributed by atoms with E-state index in [1.54, 1.807) is 0 Å². The second-order valence-corrected chi connectivity index (χ2v) is 5.23. The second kappa shape index (κ2) is 4.39. The number of nitrogens with zero attached hydrogens (tertiary/aromatic N) is 1. The summed E-state index contributed by atoms with van der Waals surface area (Å²) < 4.78 is 1.01. The average molecular weight is 270 g/mol. The van der Waals surface area contributed by atoms with Gasteiger partial charge in [0.2, 0.25) is 0 Å². The van der Waals surface area contributed by atoms with Crippen molar-refractivity contribution >= 4 is 27.4 Å². The lowest BCUT2D eigenvalue weighted by molar-refractivity contribution is 0.426. The van der Waals surface area contributed by atoms with Gasteiger partial charge < -0.3 is 10.6 Å².